The molecule has 6 nitrogen and oxygen atoms in total. The van der Waals surface area contributed by atoms with Crippen LogP contribution in [0.5, 0.6) is 0 Å². The van der Waals surface area contributed by atoms with Crippen molar-refractivity contribution in [2.45, 2.75) is 12.8 Å². The molecular formula is C17H17N5OS2. The van der Waals surface area contributed by atoms with Crippen molar-refractivity contribution in [2.24, 2.45) is 5.92 Å². The Hall–Kier alpha value is -2.32. The van der Waals surface area contributed by atoms with Crippen LogP contribution in [0.25, 0.3) is 10.6 Å². The Balaban J connectivity index is 1.41. The first-order chi connectivity index (χ1) is 12.3. The van der Waals surface area contributed by atoms with Crippen LogP contribution in [0.2, 0.25) is 0 Å². The molecule has 0 aliphatic carbocycles. The van der Waals surface area contributed by atoms with Crippen molar-refractivity contribution >= 4 is 39.7 Å². The van der Waals surface area contributed by atoms with Gasteiger partial charge in [0.05, 0.1) is 16.5 Å². The molecule has 1 saturated heterocycles. The number of amides is 1. The lowest BCUT2D eigenvalue weighted by Gasteiger charge is -2.31. The molecule has 1 aliphatic rings. The van der Waals surface area contributed by atoms with Crippen molar-refractivity contribution in [2.75, 3.05) is 23.3 Å². The predicted molar refractivity (Wildman–Crippen MR) is 101 cm³/mol. The summed E-state index contributed by atoms with van der Waals surface area (Å²) >= 11 is 3.11. The maximum absolute atomic E-state index is 12.6. The smallest absolute Gasteiger partial charge is 0.231 e. The van der Waals surface area contributed by atoms with Gasteiger partial charge in [-0.2, -0.15) is 0 Å². The van der Waals surface area contributed by atoms with Gasteiger partial charge in [-0.05, 0) is 30.4 Å². The van der Waals surface area contributed by atoms with Gasteiger partial charge in [0.25, 0.3) is 0 Å². The molecule has 8 heteroatoms. The van der Waals surface area contributed by atoms with Gasteiger partial charge in [-0.15, -0.1) is 22.7 Å². The average Bonchev–Trinajstić information content (AvgIpc) is 3.34. The third-order valence-electron chi connectivity index (χ3n) is 4.14. The molecule has 0 aromatic carbocycles. The Morgan fingerprint density at radius 1 is 1.24 bits per heavy atom. The van der Waals surface area contributed by atoms with E-state index in [0.717, 1.165) is 30.0 Å². The number of thiophene rings is 1. The molecule has 0 bridgehead atoms. The van der Waals surface area contributed by atoms with Crippen molar-refractivity contribution in [3.63, 3.8) is 0 Å². The molecule has 0 spiro atoms. The number of carbonyl (C=O) groups is 1. The molecule has 1 aliphatic heterocycles. The van der Waals surface area contributed by atoms with E-state index < -0.39 is 0 Å². The van der Waals surface area contributed by atoms with Gasteiger partial charge in [0.1, 0.15) is 0 Å². The molecule has 0 saturated carbocycles. The highest BCUT2D eigenvalue weighted by molar-refractivity contribution is 7.16. The first-order valence-electron chi connectivity index (χ1n) is 8.12. The lowest BCUT2D eigenvalue weighted by molar-refractivity contribution is -0.120. The van der Waals surface area contributed by atoms with Crippen LogP contribution in [0.15, 0.2) is 41.4 Å². The van der Waals surface area contributed by atoms with E-state index in [1.165, 1.54) is 11.3 Å². The number of anilines is 2. The maximum atomic E-state index is 12.6. The van der Waals surface area contributed by atoms with Gasteiger partial charge < -0.3 is 10.2 Å². The van der Waals surface area contributed by atoms with E-state index in [-0.39, 0.29) is 11.8 Å². The Kier molecular flexibility index (Phi) is 4.71. The molecule has 25 heavy (non-hydrogen) atoms. The summed E-state index contributed by atoms with van der Waals surface area (Å²) in [5.74, 6) is 0.633. The molecule has 3 aromatic heterocycles. The van der Waals surface area contributed by atoms with Gasteiger partial charge in [0.2, 0.25) is 11.9 Å². The summed E-state index contributed by atoms with van der Waals surface area (Å²) in [4.78, 5) is 28.9. The van der Waals surface area contributed by atoms with Crippen LogP contribution < -0.4 is 10.2 Å². The van der Waals surface area contributed by atoms with E-state index in [4.69, 9.17) is 0 Å². The molecule has 1 amide bonds. The quantitative estimate of drug-likeness (QED) is 0.760. The van der Waals surface area contributed by atoms with Gasteiger partial charge in [-0.25, -0.2) is 15.0 Å². The SMILES string of the molecule is O=C(Nc1nc(-c2cccs2)cs1)[C@@H]1CCCN(c2ncccn2)C1. The Bertz CT molecular complexity index is 834. The number of thiazole rings is 1. The van der Waals surface area contributed by atoms with E-state index in [1.54, 1.807) is 29.8 Å². The van der Waals surface area contributed by atoms with Crippen molar-refractivity contribution in [3.05, 3.63) is 41.4 Å². The number of aromatic nitrogens is 3. The van der Waals surface area contributed by atoms with E-state index in [9.17, 15) is 4.79 Å². The lowest BCUT2D eigenvalue weighted by atomic mass is 9.97. The van der Waals surface area contributed by atoms with Gasteiger partial charge in [-0.3, -0.25) is 4.79 Å². The first-order valence-corrected chi connectivity index (χ1v) is 9.88. The molecule has 3 aromatic rings. The molecule has 4 rings (SSSR count). The second-order valence-electron chi connectivity index (χ2n) is 5.84. The minimum absolute atomic E-state index is 0.0210. The summed E-state index contributed by atoms with van der Waals surface area (Å²) in [6, 6.07) is 5.83. The summed E-state index contributed by atoms with van der Waals surface area (Å²) < 4.78 is 0. The highest BCUT2D eigenvalue weighted by Crippen LogP contribution is 2.29. The van der Waals surface area contributed by atoms with Gasteiger partial charge in [0, 0.05) is 30.9 Å². The molecule has 128 valence electrons. The first kappa shape index (κ1) is 16.2. The number of hydrogen-bond acceptors (Lipinski definition) is 7. The summed E-state index contributed by atoms with van der Waals surface area (Å²) in [5.41, 5.74) is 0.915. The van der Waals surface area contributed by atoms with Gasteiger partial charge >= 0.3 is 0 Å². The van der Waals surface area contributed by atoms with Crippen LogP contribution >= 0.6 is 22.7 Å². The predicted octanol–water partition coefficient (Wildman–Crippen LogP) is 3.52. The molecule has 0 radical (unpaired) electrons. The van der Waals surface area contributed by atoms with Crippen LogP contribution in [0.4, 0.5) is 11.1 Å². The standard InChI is InChI=1S/C17H17N5OS2/c23-15(21-17-20-13(11-25-17)14-5-2-9-24-14)12-4-1-8-22(10-12)16-18-6-3-7-19-16/h2-3,5-7,9,11-12H,1,4,8,10H2,(H,20,21,23)/t12-/m1/s1. The molecule has 1 N–H and O–H groups in total. The van der Waals surface area contributed by atoms with E-state index >= 15 is 0 Å². The normalized spacial score (nSPS) is 17.4. The molecule has 0 unspecified atom stereocenters. The molecule has 4 heterocycles. The van der Waals surface area contributed by atoms with Gasteiger partial charge in [-0.1, -0.05) is 6.07 Å². The number of nitrogens with one attached hydrogen (secondary N) is 1. The Morgan fingerprint density at radius 3 is 2.92 bits per heavy atom. The monoisotopic (exact) mass is 371 g/mol. The van der Waals surface area contributed by atoms with Crippen LogP contribution in [0.3, 0.4) is 0 Å². The van der Waals surface area contributed by atoms with Crippen molar-refractivity contribution in [1.29, 1.82) is 0 Å². The van der Waals surface area contributed by atoms with Crippen LogP contribution in [-0.4, -0.2) is 33.9 Å². The van der Waals surface area contributed by atoms with Crippen LogP contribution in [0, 0.1) is 5.92 Å². The summed E-state index contributed by atoms with van der Waals surface area (Å²) in [6.45, 7) is 1.52. The fraction of sp³-hybridized carbons (Fsp3) is 0.294. The van der Waals surface area contributed by atoms with E-state index in [0.29, 0.717) is 17.6 Å². The topological polar surface area (TPSA) is 71.0 Å². The van der Waals surface area contributed by atoms with Crippen molar-refractivity contribution in [3.8, 4) is 10.6 Å². The zero-order chi connectivity index (χ0) is 17.1. The third-order valence-corrected chi connectivity index (χ3v) is 5.79. The second-order valence-corrected chi connectivity index (χ2v) is 7.64. The number of piperidine rings is 1. The minimum atomic E-state index is -0.0772. The third kappa shape index (κ3) is 3.69. The fourth-order valence-corrected chi connectivity index (χ4v) is 4.38. The summed E-state index contributed by atoms with van der Waals surface area (Å²) in [7, 11) is 0. The molecule has 1 atom stereocenters. The zero-order valence-electron chi connectivity index (χ0n) is 13.5. The largest absolute Gasteiger partial charge is 0.340 e. The minimum Gasteiger partial charge on any atom is -0.340 e. The van der Waals surface area contributed by atoms with Crippen LogP contribution in [-0.2, 0) is 4.79 Å². The van der Waals surface area contributed by atoms with E-state index in [1.807, 2.05) is 22.9 Å². The Labute approximate surface area is 153 Å². The Morgan fingerprint density at radius 2 is 2.12 bits per heavy atom. The zero-order valence-corrected chi connectivity index (χ0v) is 15.1. The lowest BCUT2D eigenvalue weighted by Crippen LogP contribution is -2.41. The van der Waals surface area contributed by atoms with Crippen LogP contribution in [0.1, 0.15) is 12.8 Å². The number of carbonyl (C=O) groups excluding carboxylic acids is 1. The number of nitrogens with zero attached hydrogens (tertiary/aromatic N) is 4. The second kappa shape index (κ2) is 7.28. The van der Waals surface area contributed by atoms with Crippen molar-refractivity contribution in [1.82, 2.24) is 15.0 Å². The maximum Gasteiger partial charge on any atom is 0.231 e. The van der Waals surface area contributed by atoms with Gasteiger partial charge in [0.15, 0.2) is 5.13 Å². The molecule has 1 fully saturated rings. The summed E-state index contributed by atoms with van der Waals surface area (Å²) in [5, 5.41) is 7.63. The average molecular weight is 371 g/mol. The summed E-state index contributed by atoms with van der Waals surface area (Å²) in [6.07, 6.45) is 5.29. The fourth-order valence-electron chi connectivity index (χ4n) is 2.90. The highest BCUT2D eigenvalue weighted by atomic mass is 32.1. The van der Waals surface area contributed by atoms with E-state index in [2.05, 4.69) is 25.2 Å². The highest BCUT2D eigenvalue weighted by Gasteiger charge is 2.27. The number of rotatable bonds is 4. The number of hydrogen-bond donors (Lipinski definition) is 1. The molecular weight excluding hydrogens is 354 g/mol. The van der Waals surface area contributed by atoms with Crippen molar-refractivity contribution < 1.29 is 4.79 Å².